The van der Waals surface area contributed by atoms with Crippen molar-refractivity contribution in [3.05, 3.63) is 34.2 Å². The van der Waals surface area contributed by atoms with Crippen molar-refractivity contribution in [3.8, 4) is 5.75 Å². The number of hydrogen-bond acceptors (Lipinski definition) is 6. The molecule has 152 valence electrons. The van der Waals surface area contributed by atoms with Crippen molar-refractivity contribution in [2.45, 2.75) is 39.7 Å². The number of piperidine rings is 1. The van der Waals surface area contributed by atoms with Gasteiger partial charge in [0, 0.05) is 52.6 Å². The van der Waals surface area contributed by atoms with Crippen LogP contribution >= 0.6 is 0 Å². The zero-order valence-electron chi connectivity index (χ0n) is 17.6. The van der Waals surface area contributed by atoms with E-state index in [9.17, 15) is 4.79 Å². The van der Waals surface area contributed by atoms with Gasteiger partial charge >= 0.3 is 0 Å². The van der Waals surface area contributed by atoms with Crippen LogP contribution in [0.25, 0.3) is 11.0 Å². The van der Waals surface area contributed by atoms with Crippen LogP contribution in [0.5, 0.6) is 5.75 Å². The van der Waals surface area contributed by atoms with Gasteiger partial charge in [-0.1, -0.05) is 13.8 Å². The second-order valence-electron chi connectivity index (χ2n) is 7.12. The van der Waals surface area contributed by atoms with Crippen molar-refractivity contribution in [1.29, 1.82) is 0 Å². The lowest BCUT2D eigenvalue weighted by Gasteiger charge is -2.35. The van der Waals surface area contributed by atoms with Crippen molar-refractivity contribution in [3.63, 3.8) is 0 Å². The van der Waals surface area contributed by atoms with E-state index in [1.165, 1.54) is 0 Å². The second-order valence-corrected chi connectivity index (χ2v) is 7.12. The average molecular weight is 386 g/mol. The van der Waals surface area contributed by atoms with Crippen molar-refractivity contribution in [2.24, 2.45) is 12.0 Å². The molecule has 0 aliphatic carbocycles. The van der Waals surface area contributed by atoms with Crippen molar-refractivity contribution in [2.75, 3.05) is 33.2 Å². The van der Waals surface area contributed by atoms with Gasteiger partial charge in [0.15, 0.2) is 5.96 Å². The van der Waals surface area contributed by atoms with Crippen LogP contribution in [0.3, 0.4) is 0 Å². The maximum Gasteiger partial charge on any atom is 0.272 e. The van der Waals surface area contributed by atoms with E-state index in [-0.39, 0.29) is 11.7 Å². The standard InChI is InChI=1S/C19H25N5O2.C2H6/c1-13-18(25)23(3)17-12-15(4-5-16(17)21-13)26-14-6-9-24(10-7-14)19-20-8-11-22(19)2;1-2/h4-5,12,14H,6-11H2,1-3H3;1-2H3. The number of guanidine groups is 1. The molecule has 2 aliphatic heterocycles. The summed E-state index contributed by atoms with van der Waals surface area (Å²) in [6.07, 6.45) is 2.12. The van der Waals surface area contributed by atoms with Crippen LogP contribution in [0.4, 0.5) is 0 Å². The van der Waals surface area contributed by atoms with E-state index < -0.39 is 0 Å². The molecule has 28 heavy (non-hydrogen) atoms. The van der Waals surface area contributed by atoms with Gasteiger partial charge in [-0.3, -0.25) is 9.79 Å². The predicted molar refractivity (Wildman–Crippen MR) is 113 cm³/mol. The van der Waals surface area contributed by atoms with Gasteiger partial charge in [0.1, 0.15) is 17.5 Å². The third kappa shape index (κ3) is 3.98. The van der Waals surface area contributed by atoms with Gasteiger partial charge in [-0.05, 0) is 19.1 Å². The van der Waals surface area contributed by atoms with Crippen LogP contribution in [0.2, 0.25) is 0 Å². The van der Waals surface area contributed by atoms with E-state index in [0.717, 1.165) is 61.8 Å². The van der Waals surface area contributed by atoms with Gasteiger partial charge in [-0.25, -0.2) is 4.98 Å². The van der Waals surface area contributed by atoms with E-state index in [1.54, 1.807) is 18.5 Å². The highest BCUT2D eigenvalue weighted by Gasteiger charge is 2.26. The minimum atomic E-state index is -0.0654. The van der Waals surface area contributed by atoms with Gasteiger partial charge in [-0.15, -0.1) is 0 Å². The van der Waals surface area contributed by atoms with Crippen molar-refractivity contribution < 1.29 is 4.74 Å². The number of likely N-dealkylation sites (tertiary alicyclic amines) is 1. The summed E-state index contributed by atoms with van der Waals surface area (Å²) in [5.41, 5.74) is 2.07. The molecule has 7 heteroatoms. The zero-order valence-corrected chi connectivity index (χ0v) is 17.6. The Bertz CT molecular complexity index is 913. The smallest absolute Gasteiger partial charge is 0.272 e. The highest BCUT2D eigenvalue weighted by Crippen LogP contribution is 2.23. The van der Waals surface area contributed by atoms with Gasteiger partial charge in [0.05, 0.1) is 17.6 Å². The van der Waals surface area contributed by atoms with Gasteiger partial charge in [0.25, 0.3) is 5.56 Å². The van der Waals surface area contributed by atoms with Crippen molar-refractivity contribution >= 4 is 17.0 Å². The lowest BCUT2D eigenvalue weighted by Crippen LogP contribution is -2.46. The molecular weight excluding hydrogens is 354 g/mol. The van der Waals surface area contributed by atoms with E-state index in [1.807, 2.05) is 32.0 Å². The van der Waals surface area contributed by atoms with Crippen molar-refractivity contribution in [1.82, 2.24) is 19.4 Å². The van der Waals surface area contributed by atoms with Crippen LogP contribution in [-0.4, -0.2) is 64.6 Å². The Labute approximate surface area is 166 Å². The summed E-state index contributed by atoms with van der Waals surface area (Å²) in [6, 6.07) is 5.79. The fourth-order valence-corrected chi connectivity index (χ4v) is 3.75. The molecule has 3 heterocycles. The Morgan fingerprint density at radius 2 is 1.82 bits per heavy atom. The molecule has 0 amide bonds. The number of benzene rings is 1. The molecule has 0 saturated carbocycles. The van der Waals surface area contributed by atoms with Crippen LogP contribution in [0, 0.1) is 6.92 Å². The molecule has 0 N–H and O–H groups in total. The highest BCUT2D eigenvalue weighted by molar-refractivity contribution is 5.81. The summed E-state index contributed by atoms with van der Waals surface area (Å²) in [5.74, 6) is 1.91. The zero-order chi connectivity index (χ0) is 20.3. The molecule has 0 radical (unpaired) electrons. The number of aryl methyl sites for hydroxylation is 2. The minimum Gasteiger partial charge on any atom is -0.490 e. The first kappa shape index (κ1) is 20.2. The Kier molecular flexibility index (Phi) is 6.21. The van der Waals surface area contributed by atoms with Gasteiger partial charge < -0.3 is 19.1 Å². The Balaban J connectivity index is 0.00000109. The number of ether oxygens (including phenoxy) is 1. The molecule has 4 rings (SSSR count). The SMILES string of the molecule is CC.Cc1nc2ccc(OC3CCN(C4=NCCN4C)CC3)cc2n(C)c1=O. The lowest BCUT2D eigenvalue weighted by atomic mass is 10.1. The average Bonchev–Trinajstić information content (AvgIpc) is 3.15. The molecule has 2 aromatic rings. The largest absolute Gasteiger partial charge is 0.490 e. The van der Waals surface area contributed by atoms with Gasteiger partial charge in [0.2, 0.25) is 0 Å². The second kappa shape index (κ2) is 8.63. The minimum absolute atomic E-state index is 0.0654. The van der Waals surface area contributed by atoms with Gasteiger partial charge in [-0.2, -0.15) is 0 Å². The Morgan fingerprint density at radius 1 is 1.11 bits per heavy atom. The normalized spacial score (nSPS) is 17.4. The maximum absolute atomic E-state index is 12.1. The quantitative estimate of drug-likeness (QED) is 0.794. The van der Waals surface area contributed by atoms with E-state index >= 15 is 0 Å². The first-order chi connectivity index (χ1) is 13.5. The summed E-state index contributed by atoms with van der Waals surface area (Å²) in [4.78, 5) is 25.7. The molecule has 0 unspecified atom stereocenters. The number of hydrogen-bond donors (Lipinski definition) is 0. The molecule has 1 aromatic heterocycles. The van der Waals surface area contributed by atoms with Crippen LogP contribution < -0.4 is 10.3 Å². The molecule has 1 aromatic carbocycles. The molecule has 1 saturated heterocycles. The summed E-state index contributed by atoms with van der Waals surface area (Å²) in [7, 11) is 3.88. The Morgan fingerprint density at radius 3 is 2.46 bits per heavy atom. The summed E-state index contributed by atoms with van der Waals surface area (Å²) in [6.45, 7) is 9.56. The van der Waals surface area contributed by atoms with Crippen LogP contribution in [0.15, 0.2) is 28.0 Å². The number of fused-ring (bicyclic) bond motifs is 1. The van der Waals surface area contributed by atoms with E-state index in [0.29, 0.717) is 5.69 Å². The highest BCUT2D eigenvalue weighted by atomic mass is 16.5. The number of aromatic nitrogens is 2. The van der Waals surface area contributed by atoms with E-state index in [2.05, 4.69) is 26.8 Å². The lowest BCUT2D eigenvalue weighted by molar-refractivity contribution is 0.127. The number of likely N-dealkylation sites (N-methyl/N-ethyl adjacent to an activating group) is 1. The first-order valence-electron chi connectivity index (χ1n) is 10.2. The number of aliphatic imine (C=N–C) groups is 1. The third-order valence-corrected chi connectivity index (χ3v) is 5.27. The molecular formula is C21H31N5O2. The fraction of sp³-hybridized carbons (Fsp3) is 0.571. The summed E-state index contributed by atoms with van der Waals surface area (Å²) in [5, 5.41) is 0. The summed E-state index contributed by atoms with van der Waals surface area (Å²) >= 11 is 0. The summed E-state index contributed by atoms with van der Waals surface area (Å²) < 4.78 is 7.84. The molecule has 7 nitrogen and oxygen atoms in total. The van der Waals surface area contributed by atoms with Crippen LogP contribution in [0.1, 0.15) is 32.4 Å². The molecule has 0 atom stereocenters. The fourth-order valence-electron chi connectivity index (χ4n) is 3.75. The maximum atomic E-state index is 12.1. The van der Waals surface area contributed by atoms with E-state index in [4.69, 9.17) is 4.74 Å². The molecule has 2 aliphatic rings. The monoisotopic (exact) mass is 385 g/mol. The predicted octanol–water partition coefficient (Wildman–Crippen LogP) is 2.41. The number of rotatable bonds is 2. The third-order valence-electron chi connectivity index (χ3n) is 5.27. The number of nitrogens with zero attached hydrogens (tertiary/aromatic N) is 5. The van der Waals surface area contributed by atoms with Crippen LogP contribution in [-0.2, 0) is 7.05 Å². The Hall–Kier alpha value is -2.57. The topological polar surface area (TPSA) is 63.0 Å². The molecule has 0 bridgehead atoms. The first-order valence-corrected chi connectivity index (χ1v) is 10.2. The molecule has 0 spiro atoms. The molecule has 1 fully saturated rings.